The van der Waals surface area contributed by atoms with Gasteiger partial charge in [-0.2, -0.15) is 0 Å². The van der Waals surface area contributed by atoms with E-state index in [0.717, 1.165) is 13.8 Å². The molecule has 80 valence electrons. The number of aliphatic hydroxyl groups excluding tert-OH is 1. The van der Waals surface area contributed by atoms with Crippen LogP contribution in [0.5, 0.6) is 0 Å². The number of hydrogen-bond acceptors (Lipinski definition) is 5. The van der Waals surface area contributed by atoms with Gasteiger partial charge in [-0.05, 0) is 13.8 Å². The molecule has 0 aliphatic heterocycles. The van der Waals surface area contributed by atoms with Gasteiger partial charge in [0.15, 0.2) is 0 Å². The number of Topliss-reactive ketones (excluding diaryl/α,β-unsaturated/α-hetero) is 2. The summed E-state index contributed by atoms with van der Waals surface area (Å²) in [5.41, 5.74) is -2.82. The first-order chi connectivity index (χ1) is 6.21. The van der Waals surface area contributed by atoms with Gasteiger partial charge in [-0.15, -0.1) is 0 Å². The van der Waals surface area contributed by atoms with E-state index in [2.05, 4.69) is 0 Å². The second kappa shape index (κ2) is 4.30. The van der Waals surface area contributed by atoms with Crippen molar-refractivity contribution >= 4 is 17.5 Å². The van der Waals surface area contributed by atoms with E-state index in [9.17, 15) is 19.5 Å². The average Bonchev–Trinajstić information content (AvgIpc) is 2.00. The maximum atomic E-state index is 11.1. The van der Waals surface area contributed by atoms with Crippen LogP contribution in [0.4, 0.5) is 0 Å². The molecule has 0 saturated carbocycles. The molecule has 6 heteroatoms. The Morgan fingerprint density at radius 1 is 1.36 bits per heavy atom. The van der Waals surface area contributed by atoms with E-state index in [-0.39, 0.29) is 0 Å². The molecule has 0 heterocycles. The van der Waals surface area contributed by atoms with Crippen LogP contribution >= 0.6 is 0 Å². The third-order valence-electron chi connectivity index (χ3n) is 1.65. The van der Waals surface area contributed by atoms with Crippen LogP contribution in [0.25, 0.3) is 0 Å². The summed E-state index contributed by atoms with van der Waals surface area (Å²) in [6, 6.07) is 0. The Hall–Kier alpha value is -1.27. The van der Waals surface area contributed by atoms with Gasteiger partial charge in [-0.25, -0.2) is 4.79 Å². The largest absolute Gasteiger partial charge is 0.479 e. The van der Waals surface area contributed by atoms with Crippen LogP contribution in [0.15, 0.2) is 0 Å². The van der Waals surface area contributed by atoms with E-state index >= 15 is 0 Å². The van der Waals surface area contributed by atoms with Gasteiger partial charge in [0.2, 0.25) is 11.4 Å². The average molecular weight is 204 g/mol. The molecule has 0 bridgehead atoms. The summed E-state index contributed by atoms with van der Waals surface area (Å²) in [6.45, 7) is 2.07. The fourth-order valence-electron chi connectivity index (χ4n) is 0.974. The van der Waals surface area contributed by atoms with Crippen LogP contribution in [-0.4, -0.2) is 44.6 Å². The van der Waals surface area contributed by atoms with Gasteiger partial charge >= 0.3 is 5.97 Å². The number of carboxylic acids is 1. The van der Waals surface area contributed by atoms with Crippen LogP contribution in [0, 0.1) is 0 Å². The van der Waals surface area contributed by atoms with Gasteiger partial charge in [0.1, 0.15) is 11.9 Å². The van der Waals surface area contributed by atoms with Crippen molar-refractivity contribution in [3.63, 3.8) is 0 Å². The third kappa shape index (κ3) is 2.61. The molecular weight excluding hydrogens is 192 g/mol. The molecule has 0 aromatic carbocycles. The van der Waals surface area contributed by atoms with Gasteiger partial charge in [-0.1, -0.05) is 0 Å². The Bertz CT molecular complexity index is 269. The summed E-state index contributed by atoms with van der Waals surface area (Å²) in [5.74, 6) is -3.78. The molecule has 0 spiro atoms. The molecule has 3 N–H and O–H groups in total. The second-order valence-electron chi connectivity index (χ2n) is 3.08. The highest BCUT2D eigenvalue weighted by Crippen LogP contribution is 2.15. The zero-order valence-corrected chi connectivity index (χ0v) is 7.85. The van der Waals surface area contributed by atoms with Crippen molar-refractivity contribution in [2.45, 2.75) is 32.0 Å². The molecule has 0 rings (SSSR count). The zero-order chi connectivity index (χ0) is 11.5. The number of hydrogen-bond donors (Lipinski definition) is 3. The zero-order valence-electron chi connectivity index (χ0n) is 7.85. The van der Waals surface area contributed by atoms with Gasteiger partial charge in [0, 0.05) is 0 Å². The fourth-order valence-corrected chi connectivity index (χ4v) is 0.974. The third-order valence-corrected chi connectivity index (χ3v) is 1.65. The molecule has 2 unspecified atom stereocenters. The lowest BCUT2D eigenvalue weighted by Crippen LogP contribution is -2.51. The topological polar surface area (TPSA) is 112 Å². The van der Waals surface area contributed by atoms with E-state index in [1.165, 1.54) is 0 Å². The number of carbonyl (C=O) groups is 3. The molecule has 2 atom stereocenters. The minimum absolute atomic E-state index is 0.649. The lowest BCUT2D eigenvalue weighted by atomic mass is 9.90. The summed E-state index contributed by atoms with van der Waals surface area (Å²) in [6.07, 6.45) is -2.47. The number of aliphatic hydroxyl groups is 2. The Morgan fingerprint density at radius 2 is 1.79 bits per heavy atom. The van der Waals surface area contributed by atoms with Crippen molar-refractivity contribution in [1.29, 1.82) is 0 Å². The van der Waals surface area contributed by atoms with Crippen molar-refractivity contribution in [1.82, 2.24) is 0 Å². The van der Waals surface area contributed by atoms with Crippen LogP contribution in [0.2, 0.25) is 0 Å². The Balaban J connectivity index is 5.00. The fraction of sp³-hybridized carbons (Fsp3) is 0.625. The molecule has 0 radical (unpaired) electrons. The predicted octanol–water partition coefficient (Wildman–Crippen LogP) is -1.27. The lowest BCUT2D eigenvalue weighted by molar-refractivity contribution is -0.171. The summed E-state index contributed by atoms with van der Waals surface area (Å²) >= 11 is 0. The lowest BCUT2D eigenvalue weighted by Gasteiger charge is -2.21. The smallest absolute Gasteiger partial charge is 0.344 e. The van der Waals surface area contributed by atoms with E-state index in [0.29, 0.717) is 0 Å². The molecule has 0 aromatic rings. The minimum Gasteiger partial charge on any atom is -0.479 e. The summed E-state index contributed by atoms with van der Waals surface area (Å²) in [5, 5.41) is 26.8. The Morgan fingerprint density at radius 3 is 2.00 bits per heavy atom. The normalized spacial score (nSPS) is 16.9. The SMILES string of the molecule is CC(=O)CC(O)(C(=O)O)C(=O)C(C)O. The first-order valence-corrected chi connectivity index (χ1v) is 3.89. The summed E-state index contributed by atoms with van der Waals surface area (Å²) < 4.78 is 0. The first-order valence-electron chi connectivity index (χ1n) is 3.89. The number of rotatable bonds is 5. The van der Waals surface area contributed by atoms with Gasteiger partial charge < -0.3 is 15.3 Å². The predicted molar refractivity (Wildman–Crippen MR) is 44.6 cm³/mol. The highest BCUT2D eigenvalue weighted by Gasteiger charge is 2.46. The van der Waals surface area contributed by atoms with E-state index in [1.807, 2.05) is 0 Å². The first kappa shape index (κ1) is 12.7. The van der Waals surface area contributed by atoms with Crippen LogP contribution in [0.1, 0.15) is 20.3 Å². The molecule has 0 aromatic heterocycles. The quantitative estimate of drug-likeness (QED) is 0.481. The van der Waals surface area contributed by atoms with Crippen molar-refractivity contribution < 1.29 is 29.7 Å². The molecule has 14 heavy (non-hydrogen) atoms. The van der Waals surface area contributed by atoms with Gasteiger partial charge in [-0.3, -0.25) is 9.59 Å². The molecule has 0 aliphatic rings. The van der Waals surface area contributed by atoms with Crippen molar-refractivity contribution in [2.24, 2.45) is 0 Å². The Labute approximate surface area is 80.2 Å². The molecule has 0 aliphatic carbocycles. The van der Waals surface area contributed by atoms with E-state index < -0.39 is 35.7 Å². The standard InChI is InChI=1S/C8H12O6/c1-4(9)3-8(14,7(12)13)6(11)5(2)10/h5,10,14H,3H2,1-2H3,(H,12,13). The van der Waals surface area contributed by atoms with Crippen molar-refractivity contribution in [3.05, 3.63) is 0 Å². The van der Waals surface area contributed by atoms with Gasteiger partial charge in [0.05, 0.1) is 6.42 Å². The molecule has 0 fully saturated rings. The maximum Gasteiger partial charge on any atom is 0.344 e. The maximum absolute atomic E-state index is 11.1. The van der Waals surface area contributed by atoms with E-state index in [4.69, 9.17) is 10.2 Å². The monoisotopic (exact) mass is 204 g/mol. The van der Waals surface area contributed by atoms with Crippen molar-refractivity contribution in [2.75, 3.05) is 0 Å². The molecular formula is C8H12O6. The number of carbonyl (C=O) groups excluding carboxylic acids is 2. The van der Waals surface area contributed by atoms with E-state index in [1.54, 1.807) is 0 Å². The van der Waals surface area contributed by atoms with Crippen molar-refractivity contribution in [3.8, 4) is 0 Å². The highest BCUT2D eigenvalue weighted by atomic mass is 16.4. The minimum atomic E-state index is -2.82. The molecule has 0 saturated heterocycles. The van der Waals surface area contributed by atoms with Crippen LogP contribution < -0.4 is 0 Å². The molecule has 6 nitrogen and oxygen atoms in total. The number of carboxylic acid groups (broad SMARTS) is 1. The molecule has 0 amide bonds. The second-order valence-corrected chi connectivity index (χ2v) is 3.08. The summed E-state index contributed by atoms with van der Waals surface area (Å²) in [4.78, 5) is 32.3. The summed E-state index contributed by atoms with van der Waals surface area (Å²) in [7, 11) is 0. The number of ketones is 2. The van der Waals surface area contributed by atoms with Gasteiger partial charge in [0.25, 0.3) is 0 Å². The van der Waals surface area contributed by atoms with Crippen LogP contribution in [-0.2, 0) is 14.4 Å². The number of aliphatic carboxylic acids is 1. The Kier molecular flexibility index (Phi) is 3.91. The highest BCUT2D eigenvalue weighted by molar-refractivity contribution is 6.10. The van der Waals surface area contributed by atoms with Crippen LogP contribution in [0.3, 0.4) is 0 Å².